The molecule has 106 valence electrons. The summed E-state index contributed by atoms with van der Waals surface area (Å²) in [6.45, 7) is 4.64. The SMILES string of the molecule is Cc1ccc(F)cc1S(=O)(=O)N1CCC(Br)C(C)C1. The van der Waals surface area contributed by atoms with Crippen molar-refractivity contribution in [2.24, 2.45) is 5.92 Å². The van der Waals surface area contributed by atoms with E-state index in [9.17, 15) is 12.8 Å². The number of alkyl halides is 1. The molecular weight excluding hydrogens is 333 g/mol. The lowest BCUT2D eigenvalue weighted by Crippen LogP contribution is -2.43. The minimum absolute atomic E-state index is 0.0766. The van der Waals surface area contributed by atoms with Crippen LogP contribution in [0, 0.1) is 18.7 Å². The highest BCUT2D eigenvalue weighted by atomic mass is 79.9. The number of aryl methyl sites for hydroxylation is 1. The molecule has 19 heavy (non-hydrogen) atoms. The average molecular weight is 350 g/mol. The molecule has 1 aliphatic rings. The van der Waals surface area contributed by atoms with Gasteiger partial charge in [-0.3, -0.25) is 0 Å². The zero-order valence-corrected chi connectivity index (χ0v) is 13.3. The topological polar surface area (TPSA) is 37.4 Å². The molecule has 0 bridgehead atoms. The molecule has 0 spiro atoms. The highest BCUT2D eigenvalue weighted by molar-refractivity contribution is 9.09. The van der Waals surface area contributed by atoms with Crippen molar-refractivity contribution in [2.45, 2.75) is 30.0 Å². The smallest absolute Gasteiger partial charge is 0.207 e. The first-order valence-corrected chi connectivity index (χ1v) is 8.58. The van der Waals surface area contributed by atoms with E-state index < -0.39 is 15.8 Å². The molecule has 1 aromatic rings. The fourth-order valence-electron chi connectivity index (χ4n) is 2.29. The summed E-state index contributed by atoms with van der Waals surface area (Å²) >= 11 is 3.55. The Morgan fingerprint density at radius 2 is 2.11 bits per heavy atom. The van der Waals surface area contributed by atoms with E-state index in [0.29, 0.717) is 23.5 Å². The summed E-state index contributed by atoms with van der Waals surface area (Å²) in [6, 6.07) is 3.89. The lowest BCUT2D eigenvalue weighted by atomic mass is 10.0. The lowest BCUT2D eigenvalue weighted by Gasteiger charge is -2.33. The third kappa shape index (κ3) is 3.01. The third-order valence-electron chi connectivity index (χ3n) is 3.53. The second-order valence-corrected chi connectivity index (χ2v) is 8.14. The van der Waals surface area contributed by atoms with E-state index >= 15 is 0 Å². The second kappa shape index (κ2) is 5.50. The Labute approximate surface area is 122 Å². The van der Waals surface area contributed by atoms with Gasteiger partial charge in [0.1, 0.15) is 5.82 Å². The monoisotopic (exact) mass is 349 g/mol. The quantitative estimate of drug-likeness (QED) is 0.769. The highest BCUT2D eigenvalue weighted by Gasteiger charge is 2.33. The van der Waals surface area contributed by atoms with E-state index in [4.69, 9.17) is 0 Å². The van der Waals surface area contributed by atoms with E-state index in [2.05, 4.69) is 15.9 Å². The van der Waals surface area contributed by atoms with Crippen LogP contribution in [0.15, 0.2) is 23.1 Å². The van der Waals surface area contributed by atoms with Crippen LogP contribution in [0.25, 0.3) is 0 Å². The Morgan fingerprint density at radius 3 is 2.74 bits per heavy atom. The van der Waals surface area contributed by atoms with Gasteiger partial charge in [-0.25, -0.2) is 12.8 Å². The van der Waals surface area contributed by atoms with Crippen molar-refractivity contribution in [1.82, 2.24) is 4.31 Å². The summed E-state index contributed by atoms with van der Waals surface area (Å²) < 4.78 is 39.9. The number of rotatable bonds is 2. The molecule has 1 saturated heterocycles. The van der Waals surface area contributed by atoms with Gasteiger partial charge >= 0.3 is 0 Å². The molecule has 0 N–H and O–H groups in total. The van der Waals surface area contributed by atoms with E-state index in [-0.39, 0.29) is 10.8 Å². The standard InChI is InChI=1S/C13H17BrFNO2S/c1-9-3-4-11(15)7-13(9)19(17,18)16-6-5-12(14)10(2)8-16/h3-4,7,10,12H,5-6,8H2,1-2H3. The Hall–Kier alpha value is -0.460. The first kappa shape index (κ1) is 14.9. The fraction of sp³-hybridized carbons (Fsp3) is 0.538. The van der Waals surface area contributed by atoms with Crippen LogP contribution < -0.4 is 0 Å². The summed E-state index contributed by atoms with van der Waals surface area (Å²) in [5.41, 5.74) is 0.579. The Bertz CT molecular complexity index is 576. The van der Waals surface area contributed by atoms with Crippen LogP contribution in [-0.4, -0.2) is 30.6 Å². The Balaban J connectivity index is 2.35. The third-order valence-corrected chi connectivity index (χ3v) is 6.90. The molecule has 6 heteroatoms. The summed E-state index contributed by atoms with van der Waals surface area (Å²) in [5.74, 6) is -0.273. The minimum atomic E-state index is -3.60. The number of piperidine rings is 1. The van der Waals surface area contributed by atoms with E-state index in [1.165, 1.54) is 16.4 Å². The van der Waals surface area contributed by atoms with Gasteiger partial charge < -0.3 is 0 Å². The van der Waals surface area contributed by atoms with Gasteiger partial charge in [0.15, 0.2) is 0 Å². The van der Waals surface area contributed by atoms with Gasteiger partial charge in [0.05, 0.1) is 4.90 Å². The summed E-state index contributed by atoms with van der Waals surface area (Å²) in [5, 5.41) is 0. The van der Waals surface area contributed by atoms with Crippen molar-refractivity contribution in [2.75, 3.05) is 13.1 Å². The zero-order chi connectivity index (χ0) is 14.2. The van der Waals surface area contributed by atoms with Gasteiger partial charge in [-0.15, -0.1) is 0 Å². The van der Waals surface area contributed by atoms with Gasteiger partial charge in [0, 0.05) is 17.9 Å². The van der Waals surface area contributed by atoms with Crippen LogP contribution in [0.4, 0.5) is 4.39 Å². The zero-order valence-electron chi connectivity index (χ0n) is 10.9. The fourth-order valence-corrected chi connectivity index (χ4v) is 4.45. The number of nitrogens with zero attached hydrogens (tertiary/aromatic N) is 1. The summed E-state index contributed by atoms with van der Waals surface area (Å²) in [4.78, 5) is 0.417. The lowest BCUT2D eigenvalue weighted by molar-refractivity contribution is 0.291. The normalized spacial score (nSPS) is 25.5. The van der Waals surface area contributed by atoms with Crippen molar-refractivity contribution in [3.8, 4) is 0 Å². The van der Waals surface area contributed by atoms with Gasteiger partial charge in [-0.05, 0) is 37.0 Å². The maximum absolute atomic E-state index is 13.3. The number of sulfonamides is 1. The highest BCUT2D eigenvalue weighted by Crippen LogP contribution is 2.29. The van der Waals surface area contributed by atoms with Crippen molar-refractivity contribution >= 4 is 26.0 Å². The number of benzene rings is 1. The molecule has 2 rings (SSSR count). The van der Waals surface area contributed by atoms with Gasteiger partial charge in [-0.1, -0.05) is 28.9 Å². The van der Waals surface area contributed by atoms with Crippen LogP contribution >= 0.6 is 15.9 Å². The first-order valence-electron chi connectivity index (χ1n) is 6.22. The molecule has 0 aromatic heterocycles. The predicted molar refractivity (Wildman–Crippen MR) is 76.4 cm³/mol. The predicted octanol–water partition coefficient (Wildman–Crippen LogP) is 2.93. The molecule has 0 aliphatic carbocycles. The van der Waals surface area contributed by atoms with E-state index in [1.807, 2.05) is 6.92 Å². The van der Waals surface area contributed by atoms with Gasteiger partial charge in [0.25, 0.3) is 0 Å². The van der Waals surface area contributed by atoms with Crippen LogP contribution in [-0.2, 0) is 10.0 Å². The van der Waals surface area contributed by atoms with E-state index in [0.717, 1.165) is 12.5 Å². The van der Waals surface area contributed by atoms with Crippen molar-refractivity contribution in [3.05, 3.63) is 29.6 Å². The maximum Gasteiger partial charge on any atom is 0.243 e. The van der Waals surface area contributed by atoms with Crippen LogP contribution in [0.1, 0.15) is 18.9 Å². The van der Waals surface area contributed by atoms with Crippen LogP contribution in [0.5, 0.6) is 0 Å². The van der Waals surface area contributed by atoms with Gasteiger partial charge in [0.2, 0.25) is 10.0 Å². The molecule has 1 fully saturated rings. The molecule has 2 atom stereocenters. The Morgan fingerprint density at radius 1 is 1.42 bits per heavy atom. The number of hydrogen-bond acceptors (Lipinski definition) is 2. The number of hydrogen-bond donors (Lipinski definition) is 0. The van der Waals surface area contributed by atoms with Crippen molar-refractivity contribution in [1.29, 1.82) is 0 Å². The van der Waals surface area contributed by atoms with Crippen molar-refractivity contribution < 1.29 is 12.8 Å². The van der Waals surface area contributed by atoms with E-state index in [1.54, 1.807) is 6.92 Å². The van der Waals surface area contributed by atoms with Crippen LogP contribution in [0.2, 0.25) is 0 Å². The molecule has 1 aliphatic heterocycles. The summed E-state index contributed by atoms with van der Waals surface area (Å²) in [6.07, 6.45) is 0.773. The molecular formula is C13H17BrFNO2S. The molecule has 1 aromatic carbocycles. The second-order valence-electron chi connectivity index (χ2n) is 5.05. The maximum atomic E-state index is 13.3. The van der Waals surface area contributed by atoms with Crippen LogP contribution in [0.3, 0.4) is 0 Å². The Kier molecular flexibility index (Phi) is 4.32. The molecule has 0 saturated carbocycles. The summed E-state index contributed by atoms with van der Waals surface area (Å²) in [7, 11) is -3.60. The first-order chi connectivity index (χ1) is 8.82. The molecule has 3 nitrogen and oxygen atoms in total. The minimum Gasteiger partial charge on any atom is -0.207 e. The number of halogens is 2. The molecule has 2 unspecified atom stereocenters. The largest absolute Gasteiger partial charge is 0.243 e. The average Bonchev–Trinajstić information content (AvgIpc) is 2.35. The molecule has 1 heterocycles. The molecule has 0 radical (unpaired) electrons. The molecule has 0 amide bonds. The van der Waals surface area contributed by atoms with Gasteiger partial charge in [-0.2, -0.15) is 4.31 Å². The van der Waals surface area contributed by atoms with Crippen molar-refractivity contribution in [3.63, 3.8) is 0 Å².